The first kappa shape index (κ1) is 9.90. The first-order valence-corrected chi connectivity index (χ1v) is 1.32. The molecule has 0 rings (SSSR count). The van der Waals surface area contributed by atoms with Gasteiger partial charge in [-0.3, -0.25) is 0 Å². The molecule has 5 heavy (non-hydrogen) atoms. The van der Waals surface area contributed by atoms with E-state index < -0.39 is 0 Å². The quantitative estimate of drug-likeness (QED) is 0.395. The third-order valence-corrected chi connectivity index (χ3v) is 0.158. The van der Waals surface area contributed by atoms with Crippen LogP contribution in [0.1, 0.15) is 6.42 Å². The summed E-state index contributed by atoms with van der Waals surface area (Å²) in [6, 6.07) is 0. The molecule has 0 saturated carbocycles. The largest absolute Gasteiger partial charge is 1.00 e. The number of rotatable bonds is 1. The third kappa shape index (κ3) is 10.7. The molecular weight excluding hydrogens is 138 g/mol. The van der Waals surface area contributed by atoms with Crippen molar-refractivity contribution in [3.63, 3.8) is 0 Å². The summed E-state index contributed by atoms with van der Waals surface area (Å²) in [6.45, 7) is 3.56. The second-order valence-corrected chi connectivity index (χ2v) is 0.577. The van der Waals surface area contributed by atoms with Crippen molar-refractivity contribution >= 4 is 0 Å². The molecule has 0 bridgehead atoms. The van der Waals surface area contributed by atoms with Crippen LogP contribution in [-0.2, 0) is 0 Å². The van der Waals surface area contributed by atoms with Crippen LogP contribution in [0.3, 0.4) is 0 Å². The van der Waals surface area contributed by atoms with Gasteiger partial charge in [0.2, 0.25) is 0 Å². The summed E-state index contributed by atoms with van der Waals surface area (Å²) in [5, 5.41) is 7.81. The van der Waals surface area contributed by atoms with Crippen LogP contribution in [0, 0.1) is 6.92 Å². The van der Waals surface area contributed by atoms with Gasteiger partial charge in [0.1, 0.15) is 0 Å². The topological polar surface area (TPSA) is 20.2 Å². The van der Waals surface area contributed by atoms with Crippen LogP contribution < -0.4 is 58.2 Å². The Balaban J connectivity index is 0. The molecule has 1 nitrogen and oxygen atoms in total. The molecule has 0 atom stereocenters. The Morgan fingerprint density at radius 3 is 1.80 bits per heavy atom. The number of aliphatic hydroxyl groups excluding tert-OH is 1. The number of hydrogen-bond donors (Lipinski definition) is 1. The molecule has 0 aliphatic rings. The Labute approximate surface area is 81.6 Å². The minimum absolute atomic E-state index is 0. The van der Waals surface area contributed by atoms with Gasteiger partial charge >= 0.3 is 58.2 Å². The molecule has 0 aliphatic carbocycles. The van der Waals surface area contributed by atoms with Gasteiger partial charge in [0.25, 0.3) is 0 Å². The Kier molecular flexibility index (Phi) is 18.3. The van der Waals surface area contributed by atoms with Crippen molar-refractivity contribution in [3.05, 3.63) is 6.92 Å². The SMILES string of the molecule is [CH2-]CCO.[Rb+]. The van der Waals surface area contributed by atoms with Crippen molar-refractivity contribution < 1.29 is 63.3 Å². The van der Waals surface area contributed by atoms with E-state index in [-0.39, 0.29) is 64.8 Å². The van der Waals surface area contributed by atoms with Gasteiger partial charge in [0, 0.05) is 6.61 Å². The predicted molar refractivity (Wildman–Crippen MR) is 17.1 cm³/mol. The van der Waals surface area contributed by atoms with Crippen LogP contribution in [0.15, 0.2) is 0 Å². The molecule has 0 unspecified atom stereocenters. The summed E-state index contributed by atoms with van der Waals surface area (Å²) in [7, 11) is 0. The molecule has 0 heterocycles. The molecule has 0 aromatic heterocycles. The van der Waals surface area contributed by atoms with E-state index in [2.05, 4.69) is 6.92 Å². The summed E-state index contributed by atoms with van der Waals surface area (Å²) < 4.78 is 0. The van der Waals surface area contributed by atoms with E-state index in [0.717, 1.165) is 0 Å². The van der Waals surface area contributed by atoms with Crippen LogP contribution in [0.5, 0.6) is 0 Å². The van der Waals surface area contributed by atoms with Crippen molar-refractivity contribution in [2.24, 2.45) is 0 Å². The van der Waals surface area contributed by atoms with Crippen molar-refractivity contribution in [3.8, 4) is 0 Å². The van der Waals surface area contributed by atoms with Crippen molar-refractivity contribution in [1.29, 1.82) is 0 Å². The molecule has 0 aromatic carbocycles. The molecular formula is C3H7ORb. The molecule has 0 amide bonds. The summed E-state index contributed by atoms with van der Waals surface area (Å²) in [5.41, 5.74) is 0. The third-order valence-electron chi connectivity index (χ3n) is 0.158. The average molecular weight is 145 g/mol. The van der Waals surface area contributed by atoms with Gasteiger partial charge in [0.15, 0.2) is 0 Å². The zero-order valence-corrected chi connectivity index (χ0v) is 8.48. The maximum atomic E-state index is 7.81. The Morgan fingerprint density at radius 1 is 1.60 bits per heavy atom. The fraction of sp³-hybridized carbons (Fsp3) is 0.667. The van der Waals surface area contributed by atoms with Gasteiger partial charge in [-0.15, -0.1) is 0 Å². The fourth-order valence-corrected chi connectivity index (χ4v) is 0. The molecule has 1 N–H and O–H groups in total. The van der Waals surface area contributed by atoms with Crippen LogP contribution >= 0.6 is 0 Å². The van der Waals surface area contributed by atoms with Crippen LogP contribution in [0.4, 0.5) is 0 Å². The fourth-order valence-electron chi connectivity index (χ4n) is 0. The zero-order valence-electron chi connectivity index (χ0n) is 3.57. The molecule has 0 fully saturated rings. The molecule has 0 spiro atoms. The van der Waals surface area contributed by atoms with Gasteiger partial charge in [-0.05, 0) is 0 Å². The van der Waals surface area contributed by atoms with Gasteiger partial charge < -0.3 is 12.0 Å². The monoisotopic (exact) mass is 144 g/mol. The zero-order chi connectivity index (χ0) is 3.41. The summed E-state index contributed by atoms with van der Waals surface area (Å²) in [5.74, 6) is 0. The van der Waals surface area contributed by atoms with E-state index in [1.165, 1.54) is 0 Å². The standard InChI is InChI=1S/C3H7O.Rb/c1-2-3-4;/h4H,1-3H2;/q-1;+1. The van der Waals surface area contributed by atoms with Gasteiger partial charge in [-0.2, -0.15) is 6.42 Å². The summed E-state index contributed by atoms with van der Waals surface area (Å²) in [6.07, 6.45) is 0.625. The van der Waals surface area contributed by atoms with Crippen LogP contribution in [0.2, 0.25) is 0 Å². The van der Waals surface area contributed by atoms with Crippen molar-refractivity contribution in [1.82, 2.24) is 0 Å². The Bertz CT molecular complexity index is 8.85. The molecule has 0 aromatic rings. The van der Waals surface area contributed by atoms with Crippen molar-refractivity contribution in [2.75, 3.05) is 6.61 Å². The van der Waals surface area contributed by atoms with Gasteiger partial charge in [0.05, 0.1) is 0 Å². The first-order valence-electron chi connectivity index (χ1n) is 1.32. The van der Waals surface area contributed by atoms with Crippen LogP contribution in [-0.4, -0.2) is 11.7 Å². The number of aliphatic hydroxyl groups is 1. The summed E-state index contributed by atoms with van der Waals surface area (Å²) in [4.78, 5) is 0. The summed E-state index contributed by atoms with van der Waals surface area (Å²) >= 11 is 0. The minimum atomic E-state index is 0. The Morgan fingerprint density at radius 2 is 1.80 bits per heavy atom. The maximum absolute atomic E-state index is 7.81. The molecule has 2 heteroatoms. The Hall–Kier alpha value is 1.77. The minimum Gasteiger partial charge on any atom is -0.399 e. The van der Waals surface area contributed by atoms with Crippen molar-refractivity contribution in [2.45, 2.75) is 6.42 Å². The second-order valence-electron chi connectivity index (χ2n) is 0.577. The van der Waals surface area contributed by atoms with E-state index >= 15 is 0 Å². The van der Waals surface area contributed by atoms with Crippen LogP contribution in [0.25, 0.3) is 0 Å². The molecule has 26 valence electrons. The van der Waals surface area contributed by atoms with E-state index in [9.17, 15) is 0 Å². The van der Waals surface area contributed by atoms with Gasteiger partial charge in [-0.1, -0.05) is 0 Å². The molecule has 0 radical (unpaired) electrons. The van der Waals surface area contributed by atoms with E-state index in [0.29, 0.717) is 6.42 Å². The maximum Gasteiger partial charge on any atom is 1.00 e. The van der Waals surface area contributed by atoms with E-state index in [4.69, 9.17) is 5.11 Å². The van der Waals surface area contributed by atoms with E-state index in [1.807, 2.05) is 0 Å². The second kappa shape index (κ2) is 9.23. The van der Waals surface area contributed by atoms with Gasteiger partial charge in [-0.25, -0.2) is 0 Å². The molecule has 0 aliphatic heterocycles. The predicted octanol–water partition coefficient (Wildman–Crippen LogP) is -2.79. The normalized spacial score (nSPS) is 6.00. The smallest absolute Gasteiger partial charge is 0.399 e. The molecule has 0 saturated heterocycles. The van der Waals surface area contributed by atoms with E-state index in [1.54, 1.807) is 0 Å². The average Bonchev–Trinajstić information content (AvgIpc) is 1.37. The number of hydrogen-bond acceptors (Lipinski definition) is 1. The first-order chi connectivity index (χ1) is 1.91.